The Morgan fingerprint density at radius 3 is 2.48 bits per heavy atom. The van der Waals surface area contributed by atoms with Gasteiger partial charge in [0.05, 0.1) is 0 Å². The number of nitrogens with two attached hydrogens (primary N) is 1. The number of hydrogen-bond donors (Lipinski definition) is 2. The molecule has 0 spiro atoms. The Morgan fingerprint density at radius 2 is 1.76 bits per heavy atom. The van der Waals surface area contributed by atoms with E-state index in [4.69, 9.17) is 5.73 Å². The van der Waals surface area contributed by atoms with Crippen LogP contribution in [0.15, 0.2) is 71.7 Å². The molecule has 0 unspecified atom stereocenters. The maximum Gasteiger partial charge on any atom is 0.274 e. The van der Waals surface area contributed by atoms with Gasteiger partial charge in [-0.15, -0.1) is 0 Å². The van der Waals surface area contributed by atoms with Crippen LogP contribution in [-0.4, -0.2) is 10.5 Å². The lowest BCUT2D eigenvalue weighted by atomic mass is 9.98. The van der Waals surface area contributed by atoms with Gasteiger partial charge in [-0.25, -0.2) is 0 Å². The molecule has 3 N–H and O–H groups in total. The van der Waals surface area contributed by atoms with Gasteiger partial charge in [0.25, 0.3) is 11.5 Å². The highest BCUT2D eigenvalue weighted by Gasteiger charge is 2.14. The molecule has 3 rings (SSSR count). The average Bonchev–Trinajstić information content (AvgIpc) is 2.65. The second kappa shape index (κ2) is 7.15. The van der Waals surface area contributed by atoms with Crippen molar-refractivity contribution >= 4 is 11.6 Å². The first kappa shape index (κ1) is 16.7. The Kier molecular flexibility index (Phi) is 4.77. The number of nitrogens with zero attached hydrogens (tertiary/aromatic N) is 1. The predicted molar refractivity (Wildman–Crippen MR) is 99.4 cm³/mol. The van der Waals surface area contributed by atoms with Crippen molar-refractivity contribution in [1.82, 2.24) is 4.57 Å². The number of carbonyl (C=O) groups is 1. The molecule has 2 aromatic carbocycles. The van der Waals surface area contributed by atoms with E-state index in [1.165, 1.54) is 4.57 Å². The number of amides is 1. The lowest BCUT2D eigenvalue weighted by Gasteiger charge is -2.11. The molecule has 0 saturated carbocycles. The van der Waals surface area contributed by atoms with Crippen molar-refractivity contribution in [3.63, 3.8) is 0 Å². The van der Waals surface area contributed by atoms with E-state index in [9.17, 15) is 9.59 Å². The molecule has 0 saturated heterocycles. The number of anilines is 1. The van der Waals surface area contributed by atoms with E-state index in [0.29, 0.717) is 12.1 Å². The van der Waals surface area contributed by atoms with E-state index in [-0.39, 0.29) is 17.2 Å². The second-order valence-corrected chi connectivity index (χ2v) is 5.74. The van der Waals surface area contributed by atoms with Gasteiger partial charge in [-0.05, 0) is 34.9 Å². The molecule has 0 bridgehead atoms. The Hall–Kier alpha value is -3.18. The van der Waals surface area contributed by atoms with Gasteiger partial charge in [0.1, 0.15) is 5.69 Å². The van der Waals surface area contributed by atoms with Crippen molar-refractivity contribution in [2.45, 2.75) is 6.54 Å². The highest BCUT2D eigenvalue weighted by Crippen LogP contribution is 2.24. The summed E-state index contributed by atoms with van der Waals surface area (Å²) in [5, 5.41) is 2.71. The summed E-state index contributed by atoms with van der Waals surface area (Å²) in [5.74, 6) is -0.318. The molecule has 0 atom stereocenters. The van der Waals surface area contributed by atoms with Crippen molar-refractivity contribution < 1.29 is 4.79 Å². The molecule has 25 heavy (non-hydrogen) atoms. The molecule has 1 amide bonds. The van der Waals surface area contributed by atoms with Crippen molar-refractivity contribution in [3.05, 3.63) is 88.3 Å². The molecule has 0 fully saturated rings. The van der Waals surface area contributed by atoms with Crippen molar-refractivity contribution in [1.29, 1.82) is 0 Å². The third-order valence-corrected chi connectivity index (χ3v) is 4.04. The van der Waals surface area contributed by atoms with Crippen LogP contribution in [0.2, 0.25) is 0 Å². The quantitative estimate of drug-likeness (QED) is 0.771. The van der Waals surface area contributed by atoms with Gasteiger partial charge in [-0.1, -0.05) is 42.5 Å². The molecule has 0 aliphatic carbocycles. The van der Waals surface area contributed by atoms with E-state index in [1.54, 1.807) is 37.5 Å². The summed E-state index contributed by atoms with van der Waals surface area (Å²) in [4.78, 5) is 24.8. The zero-order valence-corrected chi connectivity index (χ0v) is 13.9. The van der Waals surface area contributed by atoms with E-state index >= 15 is 0 Å². The largest absolute Gasteiger partial charge is 0.326 e. The number of aromatic nitrogens is 1. The molecule has 0 aliphatic rings. The topological polar surface area (TPSA) is 77.1 Å². The fourth-order valence-corrected chi connectivity index (χ4v) is 2.64. The first-order chi connectivity index (χ1) is 12.1. The minimum absolute atomic E-state index is 0.249. The second-order valence-electron chi connectivity index (χ2n) is 5.74. The summed E-state index contributed by atoms with van der Waals surface area (Å²) < 4.78 is 1.42. The normalized spacial score (nSPS) is 10.5. The fraction of sp³-hybridized carbons (Fsp3) is 0.100. The monoisotopic (exact) mass is 333 g/mol. The molecular formula is C20H19N3O2. The van der Waals surface area contributed by atoms with Gasteiger partial charge >= 0.3 is 0 Å². The molecule has 126 valence electrons. The first-order valence-corrected chi connectivity index (χ1v) is 7.95. The van der Waals surface area contributed by atoms with Crippen LogP contribution in [0.25, 0.3) is 11.1 Å². The molecule has 1 aromatic heterocycles. The molecule has 5 nitrogen and oxygen atoms in total. The maximum atomic E-state index is 12.7. The zero-order chi connectivity index (χ0) is 17.8. The summed E-state index contributed by atoms with van der Waals surface area (Å²) >= 11 is 0. The Labute approximate surface area is 145 Å². The van der Waals surface area contributed by atoms with Crippen molar-refractivity contribution in [3.8, 4) is 11.1 Å². The average molecular weight is 333 g/mol. The minimum Gasteiger partial charge on any atom is -0.326 e. The first-order valence-electron chi connectivity index (χ1n) is 7.95. The molecule has 0 radical (unpaired) electrons. The Bertz CT molecular complexity index is 959. The highest BCUT2D eigenvalue weighted by molar-refractivity contribution is 6.08. The summed E-state index contributed by atoms with van der Waals surface area (Å²) in [6.07, 6.45) is 1.64. The van der Waals surface area contributed by atoms with Crippen LogP contribution in [0, 0.1) is 0 Å². The molecule has 5 heteroatoms. The van der Waals surface area contributed by atoms with Gasteiger partial charge in [0, 0.05) is 25.4 Å². The van der Waals surface area contributed by atoms with Gasteiger partial charge in [0.15, 0.2) is 0 Å². The highest BCUT2D eigenvalue weighted by atomic mass is 16.2. The molecular weight excluding hydrogens is 314 g/mol. The van der Waals surface area contributed by atoms with Gasteiger partial charge < -0.3 is 15.6 Å². The summed E-state index contributed by atoms with van der Waals surface area (Å²) in [6, 6.07) is 18.4. The lowest BCUT2D eigenvalue weighted by Crippen LogP contribution is -2.23. The van der Waals surface area contributed by atoms with Crippen LogP contribution < -0.4 is 16.6 Å². The third-order valence-electron chi connectivity index (χ3n) is 4.04. The van der Waals surface area contributed by atoms with Crippen molar-refractivity contribution in [2.75, 3.05) is 5.32 Å². The lowest BCUT2D eigenvalue weighted by molar-refractivity contribution is 0.102. The van der Waals surface area contributed by atoms with Crippen molar-refractivity contribution in [2.24, 2.45) is 12.8 Å². The van der Waals surface area contributed by atoms with E-state index in [1.807, 2.05) is 36.4 Å². The van der Waals surface area contributed by atoms with Gasteiger partial charge in [-0.3, -0.25) is 9.59 Å². The number of hydrogen-bond acceptors (Lipinski definition) is 3. The third kappa shape index (κ3) is 3.51. The molecule has 1 heterocycles. The van der Waals surface area contributed by atoms with Crippen LogP contribution in [0.4, 0.5) is 5.69 Å². The maximum absolute atomic E-state index is 12.7. The summed E-state index contributed by atoms with van der Waals surface area (Å²) in [7, 11) is 1.64. The van der Waals surface area contributed by atoms with E-state index < -0.39 is 0 Å². The van der Waals surface area contributed by atoms with Crippen LogP contribution >= 0.6 is 0 Å². The van der Waals surface area contributed by atoms with E-state index in [2.05, 4.69) is 5.32 Å². The Morgan fingerprint density at radius 1 is 1.04 bits per heavy atom. The minimum atomic E-state index is -0.318. The Balaban J connectivity index is 1.95. The summed E-state index contributed by atoms with van der Waals surface area (Å²) in [5.41, 5.74) is 8.89. The van der Waals surface area contributed by atoms with Gasteiger partial charge in [0.2, 0.25) is 0 Å². The molecule has 0 aliphatic heterocycles. The smallest absolute Gasteiger partial charge is 0.274 e. The van der Waals surface area contributed by atoms with Crippen LogP contribution in [0.3, 0.4) is 0 Å². The number of aryl methyl sites for hydroxylation is 1. The predicted octanol–water partition coefficient (Wildman–Crippen LogP) is 2.76. The number of benzene rings is 2. The summed E-state index contributed by atoms with van der Waals surface area (Å²) in [6.45, 7) is 0.472. The van der Waals surface area contributed by atoms with Crippen LogP contribution in [-0.2, 0) is 13.6 Å². The number of pyridine rings is 1. The van der Waals surface area contributed by atoms with Gasteiger partial charge in [-0.2, -0.15) is 0 Å². The number of carbonyl (C=O) groups excluding carboxylic acids is 1. The van der Waals surface area contributed by atoms with Crippen LogP contribution in [0.5, 0.6) is 0 Å². The van der Waals surface area contributed by atoms with Crippen LogP contribution in [0.1, 0.15) is 15.9 Å². The molecule has 3 aromatic rings. The standard InChI is InChI=1S/C20H19N3O2/c1-23-12-4-7-18(20(23)25)22-19(24)17-6-3-2-5-16(17)15-10-8-14(13-21)9-11-15/h2-12H,13,21H2,1H3,(H,22,24). The fourth-order valence-electron chi connectivity index (χ4n) is 2.64. The van der Waals surface area contributed by atoms with E-state index in [0.717, 1.165) is 16.7 Å². The SMILES string of the molecule is Cn1cccc(NC(=O)c2ccccc2-c2ccc(CN)cc2)c1=O. The number of rotatable bonds is 4. The number of nitrogens with one attached hydrogen (secondary N) is 1. The zero-order valence-electron chi connectivity index (χ0n) is 13.9.